The number of nitrogens with zero attached hydrogens (tertiary/aromatic N) is 1. The van der Waals surface area contributed by atoms with E-state index in [9.17, 15) is 13.2 Å². The maximum absolute atomic E-state index is 13.0. The van der Waals surface area contributed by atoms with Gasteiger partial charge in [-0.2, -0.15) is 0 Å². The van der Waals surface area contributed by atoms with E-state index < -0.39 is 10.0 Å². The molecule has 2 aromatic carbocycles. The van der Waals surface area contributed by atoms with Gasteiger partial charge in [0, 0.05) is 29.3 Å². The number of carbonyl (C=O) groups excluding carboxylic acids is 1. The Bertz CT molecular complexity index is 1070. The number of hydrogen-bond donors (Lipinski definition) is 1. The minimum absolute atomic E-state index is 0.136. The summed E-state index contributed by atoms with van der Waals surface area (Å²) in [5, 5.41) is 0. The quantitative estimate of drug-likeness (QED) is 0.842. The van der Waals surface area contributed by atoms with Crippen molar-refractivity contribution >= 4 is 27.3 Å². The van der Waals surface area contributed by atoms with Crippen molar-refractivity contribution in [3.63, 3.8) is 0 Å². The second-order valence-corrected chi connectivity index (χ2v) is 10.3. The Morgan fingerprint density at radius 3 is 2.43 bits per heavy atom. The molecule has 0 radical (unpaired) electrons. The van der Waals surface area contributed by atoms with Gasteiger partial charge in [0.15, 0.2) is 0 Å². The van der Waals surface area contributed by atoms with Crippen LogP contribution in [0, 0.1) is 19.8 Å². The molecule has 1 saturated carbocycles. The Labute approximate surface area is 166 Å². The van der Waals surface area contributed by atoms with Crippen molar-refractivity contribution in [3.05, 3.63) is 53.1 Å². The number of benzene rings is 2. The highest BCUT2D eigenvalue weighted by atomic mass is 32.2. The van der Waals surface area contributed by atoms with Gasteiger partial charge in [0.25, 0.3) is 10.0 Å². The van der Waals surface area contributed by atoms with Crippen molar-refractivity contribution in [1.82, 2.24) is 0 Å². The van der Waals surface area contributed by atoms with Gasteiger partial charge in [-0.25, -0.2) is 8.42 Å². The molecule has 5 nitrogen and oxygen atoms in total. The molecule has 1 aliphatic carbocycles. The van der Waals surface area contributed by atoms with Crippen LogP contribution in [0.1, 0.15) is 43.4 Å². The highest BCUT2D eigenvalue weighted by Crippen LogP contribution is 2.44. The fourth-order valence-corrected chi connectivity index (χ4v) is 4.87. The van der Waals surface area contributed by atoms with Crippen LogP contribution >= 0.6 is 0 Å². The summed E-state index contributed by atoms with van der Waals surface area (Å²) >= 11 is 0. The predicted octanol–water partition coefficient (Wildman–Crippen LogP) is 4.14. The zero-order chi connectivity index (χ0) is 20.3. The molecule has 0 aromatic heterocycles. The standard InChI is InChI=1S/C22H26N2O3S/c1-14-5-8-17(11-15(14)2)23-28(26,27)18-9-10-20-19(12-18)22(3,4)13-24(20)21(25)16-6-7-16/h5,8-12,16,23H,6-7,13H2,1-4H3. The normalized spacial score (nSPS) is 18.1. The first-order valence-electron chi connectivity index (χ1n) is 9.64. The van der Waals surface area contributed by atoms with Crippen LogP contribution in [-0.4, -0.2) is 20.9 Å². The topological polar surface area (TPSA) is 66.5 Å². The van der Waals surface area contributed by atoms with Gasteiger partial charge in [-0.1, -0.05) is 19.9 Å². The second-order valence-electron chi connectivity index (χ2n) is 8.67. The van der Waals surface area contributed by atoms with Gasteiger partial charge in [-0.3, -0.25) is 9.52 Å². The molecule has 0 atom stereocenters. The molecule has 28 heavy (non-hydrogen) atoms. The van der Waals surface area contributed by atoms with E-state index >= 15 is 0 Å². The highest BCUT2D eigenvalue weighted by Gasteiger charge is 2.43. The maximum Gasteiger partial charge on any atom is 0.261 e. The highest BCUT2D eigenvalue weighted by molar-refractivity contribution is 7.92. The molecule has 1 aliphatic heterocycles. The number of hydrogen-bond acceptors (Lipinski definition) is 3. The number of anilines is 2. The van der Waals surface area contributed by atoms with Crippen LogP contribution in [0.2, 0.25) is 0 Å². The van der Waals surface area contributed by atoms with Crippen molar-refractivity contribution in [3.8, 4) is 0 Å². The van der Waals surface area contributed by atoms with Crippen LogP contribution in [0.3, 0.4) is 0 Å². The first-order valence-corrected chi connectivity index (χ1v) is 11.1. The van der Waals surface area contributed by atoms with E-state index in [0.717, 1.165) is 35.2 Å². The second kappa shape index (κ2) is 6.34. The molecule has 0 spiro atoms. The largest absolute Gasteiger partial charge is 0.311 e. The number of rotatable bonds is 4. The zero-order valence-corrected chi connectivity index (χ0v) is 17.6. The average molecular weight is 399 g/mol. The third kappa shape index (κ3) is 3.30. The summed E-state index contributed by atoms with van der Waals surface area (Å²) in [7, 11) is -3.71. The summed E-state index contributed by atoms with van der Waals surface area (Å²) in [5.41, 5.74) is 4.16. The van der Waals surface area contributed by atoms with Gasteiger partial charge in [-0.05, 0) is 73.7 Å². The number of carbonyl (C=O) groups is 1. The lowest BCUT2D eigenvalue weighted by Crippen LogP contribution is -2.34. The molecule has 148 valence electrons. The van der Waals surface area contributed by atoms with Crippen LogP contribution < -0.4 is 9.62 Å². The first-order chi connectivity index (χ1) is 13.1. The summed E-state index contributed by atoms with van der Waals surface area (Å²) in [4.78, 5) is 14.7. The molecule has 2 aromatic rings. The third-order valence-electron chi connectivity index (χ3n) is 5.80. The van der Waals surface area contributed by atoms with Crippen molar-refractivity contribution in [2.75, 3.05) is 16.2 Å². The smallest absolute Gasteiger partial charge is 0.261 e. The average Bonchev–Trinajstić information content (AvgIpc) is 3.43. The van der Waals surface area contributed by atoms with Gasteiger partial charge in [0.1, 0.15) is 0 Å². The predicted molar refractivity (Wildman–Crippen MR) is 111 cm³/mol. The molecule has 0 saturated heterocycles. The number of fused-ring (bicyclic) bond motifs is 1. The number of aryl methyl sites for hydroxylation is 2. The van der Waals surface area contributed by atoms with Crippen LogP contribution in [0.25, 0.3) is 0 Å². The summed E-state index contributed by atoms with van der Waals surface area (Å²) < 4.78 is 28.6. The minimum Gasteiger partial charge on any atom is -0.311 e. The molecule has 1 fully saturated rings. The molecule has 1 amide bonds. The lowest BCUT2D eigenvalue weighted by molar-refractivity contribution is -0.119. The molecule has 0 bridgehead atoms. The molecule has 1 heterocycles. The fraction of sp³-hybridized carbons (Fsp3) is 0.409. The maximum atomic E-state index is 13.0. The van der Waals surface area contributed by atoms with Crippen molar-refractivity contribution < 1.29 is 13.2 Å². The van der Waals surface area contributed by atoms with Crippen molar-refractivity contribution in [1.29, 1.82) is 0 Å². The molecule has 4 rings (SSSR count). The summed E-state index contributed by atoms with van der Waals surface area (Å²) in [5.74, 6) is 0.298. The molecule has 0 unspecified atom stereocenters. The number of sulfonamides is 1. The summed E-state index contributed by atoms with van der Waals surface area (Å²) in [6, 6.07) is 10.6. The number of nitrogens with one attached hydrogen (secondary N) is 1. The summed E-state index contributed by atoms with van der Waals surface area (Å²) in [6.45, 7) is 8.64. The summed E-state index contributed by atoms with van der Waals surface area (Å²) in [6.07, 6.45) is 1.91. The first kappa shape index (κ1) is 19.0. The molecule has 6 heteroatoms. The van der Waals surface area contributed by atoms with E-state index in [1.54, 1.807) is 24.3 Å². The van der Waals surface area contributed by atoms with Crippen LogP contribution in [0.5, 0.6) is 0 Å². The molecular weight excluding hydrogens is 372 g/mol. The van der Waals surface area contributed by atoms with Crippen LogP contribution in [-0.2, 0) is 20.2 Å². The molecular formula is C22H26N2O3S. The lowest BCUT2D eigenvalue weighted by Gasteiger charge is -2.20. The Kier molecular flexibility index (Phi) is 4.30. The van der Waals surface area contributed by atoms with Gasteiger partial charge >= 0.3 is 0 Å². The molecule has 1 N–H and O–H groups in total. The SMILES string of the molecule is Cc1ccc(NS(=O)(=O)c2ccc3c(c2)C(C)(C)CN3C(=O)C2CC2)cc1C. The Morgan fingerprint density at radius 1 is 1.07 bits per heavy atom. The Morgan fingerprint density at radius 2 is 1.79 bits per heavy atom. The van der Waals surface area contributed by atoms with E-state index in [0.29, 0.717) is 12.2 Å². The van der Waals surface area contributed by atoms with Crippen LogP contribution in [0.4, 0.5) is 11.4 Å². The van der Waals surface area contributed by atoms with Gasteiger partial charge in [0.2, 0.25) is 5.91 Å². The van der Waals surface area contributed by atoms with Gasteiger partial charge < -0.3 is 4.90 Å². The minimum atomic E-state index is -3.71. The monoisotopic (exact) mass is 398 g/mol. The van der Waals surface area contributed by atoms with Gasteiger partial charge in [0.05, 0.1) is 4.90 Å². The van der Waals surface area contributed by atoms with Crippen molar-refractivity contribution in [2.45, 2.75) is 50.8 Å². The van der Waals surface area contributed by atoms with Crippen molar-refractivity contribution in [2.24, 2.45) is 5.92 Å². The Hall–Kier alpha value is -2.34. The zero-order valence-electron chi connectivity index (χ0n) is 16.7. The third-order valence-corrected chi connectivity index (χ3v) is 7.18. The van der Waals surface area contributed by atoms with E-state index in [-0.39, 0.29) is 22.1 Å². The Balaban J connectivity index is 1.67. The van der Waals surface area contributed by atoms with E-state index in [4.69, 9.17) is 0 Å². The van der Waals surface area contributed by atoms with Gasteiger partial charge in [-0.15, -0.1) is 0 Å². The van der Waals surface area contributed by atoms with E-state index in [1.165, 1.54) is 0 Å². The van der Waals surface area contributed by atoms with Crippen LogP contribution in [0.15, 0.2) is 41.3 Å². The lowest BCUT2D eigenvalue weighted by atomic mass is 9.87. The fourth-order valence-electron chi connectivity index (χ4n) is 3.79. The van der Waals surface area contributed by atoms with E-state index in [2.05, 4.69) is 18.6 Å². The molecule has 2 aliphatic rings. The van der Waals surface area contributed by atoms with E-state index in [1.807, 2.05) is 30.9 Å². The number of amides is 1.